The summed E-state index contributed by atoms with van der Waals surface area (Å²) in [4.78, 5) is 52.4. The van der Waals surface area contributed by atoms with Gasteiger partial charge in [-0.2, -0.15) is 0 Å². The first-order valence-corrected chi connectivity index (χ1v) is 16.2. The molecule has 0 radical (unpaired) electrons. The molecule has 5 fully saturated rings. The van der Waals surface area contributed by atoms with Crippen molar-refractivity contribution in [3.63, 3.8) is 0 Å². The number of carbonyl (C=O) groups excluding carboxylic acids is 3. The van der Waals surface area contributed by atoms with E-state index >= 15 is 0 Å². The lowest BCUT2D eigenvalue weighted by molar-refractivity contribution is -0.189. The number of aromatic carboxylic acids is 1. The van der Waals surface area contributed by atoms with E-state index in [1.807, 2.05) is 49.4 Å². The zero-order valence-electron chi connectivity index (χ0n) is 25.0. The molecule has 10 heteroatoms. The number of anilines is 1. The van der Waals surface area contributed by atoms with Gasteiger partial charge in [0, 0.05) is 35.0 Å². The van der Waals surface area contributed by atoms with Gasteiger partial charge in [0.25, 0.3) is 0 Å². The van der Waals surface area contributed by atoms with Crippen LogP contribution in [0.4, 0.5) is 5.69 Å². The van der Waals surface area contributed by atoms with Crippen molar-refractivity contribution in [3.8, 4) is 11.5 Å². The highest BCUT2D eigenvalue weighted by atomic mass is 32.2. The standard InChI is InChI=1S/C35H35NO8S/c1-33(12-11-27(39)36-28-23(37)10-9-22(29(28)40)31(41)42)25(38)15-26(35-16-21-14-24(30(33)35)44-34(21,2)17-35)45-32(43)20-8-7-18-5-3-4-6-19(18)13-20/h3-10,13,21,24,26,30,37,40H,11-12,14-17H2,1-2H3,(H,36,39)(H,41,42)/t21-,24-,26-,30-,33+,34-,35-/m0/s1. The number of carboxylic acid groups (broad SMARTS) is 1. The molecule has 234 valence electrons. The number of phenolic OH excluding ortho intramolecular Hbond substituents is 1. The summed E-state index contributed by atoms with van der Waals surface area (Å²) in [6.45, 7) is 4.07. The molecular formula is C35H35NO8S. The van der Waals surface area contributed by atoms with Crippen LogP contribution < -0.4 is 5.32 Å². The Kier molecular flexibility index (Phi) is 6.83. The van der Waals surface area contributed by atoms with Crippen LogP contribution in [0.5, 0.6) is 11.5 Å². The number of benzene rings is 3. The number of ketones is 1. The van der Waals surface area contributed by atoms with Gasteiger partial charge in [0.05, 0.1) is 11.7 Å². The normalized spacial score (nSPS) is 32.9. The molecule has 7 atom stereocenters. The van der Waals surface area contributed by atoms with Crippen LogP contribution in [0.15, 0.2) is 54.6 Å². The second kappa shape index (κ2) is 10.3. The second-order valence-corrected chi connectivity index (χ2v) is 14.9. The van der Waals surface area contributed by atoms with Crippen molar-refractivity contribution in [1.82, 2.24) is 0 Å². The van der Waals surface area contributed by atoms with Crippen LogP contribution in [0, 0.1) is 22.7 Å². The summed E-state index contributed by atoms with van der Waals surface area (Å²) in [7, 11) is 0. The number of rotatable bonds is 7. The van der Waals surface area contributed by atoms with Gasteiger partial charge in [-0.3, -0.25) is 14.4 Å². The van der Waals surface area contributed by atoms with Crippen molar-refractivity contribution in [2.45, 2.75) is 69.3 Å². The Bertz CT molecular complexity index is 1790. The molecule has 1 amide bonds. The van der Waals surface area contributed by atoms with E-state index < -0.39 is 34.4 Å². The van der Waals surface area contributed by atoms with E-state index in [2.05, 4.69) is 12.2 Å². The fourth-order valence-electron chi connectivity index (χ4n) is 9.19. The van der Waals surface area contributed by atoms with E-state index in [0.717, 1.165) is 42.2 Å². The first kappa shape index (κ1) is 29.8. The zero-order chi connectivity index (χ0) is 31.9. The number of carboxylic acids is 1. The van der Waals surface area contributed by atoms with Crippen LogP contribution in [0.25, 0.3) is 10.8 Å². The number of Topliss-reactive ketones (excluding diaryl/α,β-unsaturated/α-hetero) is 1. The average Bonchev–Trinajstić information content (AvgIpc) is 3.37. The number of thioether (sulfide) groups is 1. The predicted octanol–water partition coefficient (Wildman–Crippen LogP) is 6.16. The number of hydrogen-bond donors (Lipinski definition) is 4. The molecule has 2 saturated heterocycles. The van der Waals surface area contributed by atoms with Crippen LogP contribution in [0.2, 0.25) is 0 Å². The van der Waals surface area contributed by atoms with Crippen LogP contribution in [-0.2, 0) is 14.3 Å². The van der Waals surface area contributed by atoms with E-state index in [-0.39, 0.29) is 64.1 Å². The number of nitrogens with one attached hydrogen (secondary N) is 1. The first-order chi connectivity index (χ1) is 21.3. The minimum Gasteiger partial charge on any atom is -0.506 e. The molecule has 4 N–H and O–H groups in total. The molecule has 4 bridgehead atoms. The maximum atomic E-state index is 14.1. The summed E-state index contributed by atoms with van der Waals surface area (Å²) in [5, 5.41) is 34.1. The van der Waals surface area contributed by atoms with Gasteiger partial charge in [0.15, 0.2) is 5.75 Å². The SMILES string of the molecule is C[C@]12C[C@]34C[C@@H]1C[C@H](O2)[C@H]3[C@](C)(CCC(=O)Nc1c(O)ccc(C(=O)O)c1O)C(=O)C[C@@H]4SC(=O)c1ccc2ccccc2c1. The zero-order valence-corrected chi connectivity index (χ0v) is 25.9. The van der Waals surface area contributed by atoms with Crippen molar-refractivity contribution in [2.24, 2.45) is 22.7 Å². The summed E-state index contributed by atoms with van der Waals surface area (Å²) in [5.74, 6) is -3.00. The smallest absolute Gasteiger partial charge is 0.339 e. The first-order valence-electron chi connectivity index (χ1n) is 15.3. The van der Waals surface area contributed by atoms with E-state index in [9.17, 15) is 34.5 Å². The summed E-state index contributed by atoms with van der Waals surface area (Å²) in [6.07, 6.45) is 2.65. The highest BCUT2D eigenvalue weighted by Crippen LogP contribution is 2.74. The van der Waals surface area contributed by atoms with E-state index in [1.54, 1.807) is 0 Å². The highest BCUT2D eigenvalue weighted by molar-refractivity contribution is 8.14. The monoisotopic (exact) mass is 629 g/mol. The van der Waals surface area contributed by atoms with Crippen molar-refractivity contribution >= 4 is 51.0 Å². The Morgan fingerprint density at radius 2 is 1.80 bits per heavy atom. The molecule has 2 aliphatic heterocycles. The number of phenols is 2. The molecule has 1 spiro atoms. The number of fused-ring (bicyclic) bond motifs is 1. The number of ether oxygens (including phenoxy) is 1. The van der Waals surface area contributed by atoms with Gasteiger partial charge in [0.2, 0.25) is 11.0 Å². The predicted molar refractivity (Wildman–Crippen MR) is 169 cm³/mol. The number of amides is 1. The molecule has 9 nitrogen and oxygen atoms in total. The second-order valence-electron chi connectivity index (χ2n) is 13.7. The third-order valence-electron chi connectivity index (χ3n) is 11.2. The van der Waals surface area contributed by atoms with Gasteiger partial charge >= 0.3 is 5.97 Å². The van der Waals surface area contributed by atoms with Crippen molar-refractivity contribution in [3.05, 3.63) is 65.7 Å². The minimum atomic E-state index is -1.40. The summed E-state index contributed by atoms with van der Waals surface area (Å²) >= 11 is 1.28. The number of carbonyl (C=O) groups is 4. The van der Waals surface area contributed by atoms with Gasteiger partial charge in [-0.1, -0.05) is 49.0 Å². The molecule has 45 heavy (non-hydrogen) atoms. The van der Waals surface area contributed by atoms with Crippen LogP contribution >= 0.6 is 11.8 Å². The van der Waals surface area contributed by atoms with Crippen molar-refractivity contribution in [1.29, 1.82) is 0 Å². The molecule has 0 unspecified atom stereocenters. The lowest BCUT2D eigenvalue weighted by atomic mass is 9.48. The molecule has 5 aliphatic rings. The molecule has 3 aliphatic carbocycles. The lowest BCUT2D eigenvalue weighted by Crippen LogP contribution is -2.63. The molecule has 3 saturated carbocycles. The largest absolute Gasteiger partial charge is 0.506 e. The Hall–Kier alpha value is -3.89. The molecular weight excluding hydrogens is 594 g/mol. The molecule has 2 heterocycles. The van der Waals surface area contributed by atoms with Crippen molar-refractivity contribution < 1.29 is 39.2 Å². The van der Waals surface area contributed by atoms with Crippen LogP contribution in [0.3, 0.4) is 0 Å². The minimum absolute atomic E-state index is 0.00383. The van der Waals surface area contributed by atoms with E-state index in [0.29, 0.717) is 11.5 Å². The highest BCUT2D eigenvalue weighted by Gasteiger charge is 2.75. The average molecular weight is 630 g/mol. The van der Waals surface area contributed by atoms with Gasteiger partial charge < -0.3 is 25.4 Å². The van der Waals surface area contributed by atoms with Crippen molar-refractivity contribution in [2.75, 3.05) is 5.32 Å². The summed E-state index contributed by atoms with van der Waals surface area (Å²) in [6, 6.07) is 15.8. The number of aromatic hydroxyl groups is 2. The maximum absolute atomic E-state index is 14.1. The lowest BCUT2D eigenvalue weighted by Gasteiger charge is -2.60. The molecule has 3 aromatic rings. The van der Waals surface area contributed by atoms with Gasteiger partial charge in [-0.15, -0.1) is 0 Å². The summed E-state index contributed by atoms with van der Waals surface area (Å²) in [5.41, 5.74) is -1.72. The van der Waals surface area contributed by atoms with Gasteiger partial charge in [0.1, 0.15) is 22.8 Å². The van der Waals surface area contributed by atoms with Crippen LogP contribution in [0.1, 0.15) is 73.1 Å². The third-order valence-corrected chi connectivity index (χ3v) is 12.6. The quantitative estimate of drug-likeness (QED) is 0.225. The molecule has 3 aromatic carbocycles. The van der Waals surface area contributed by atoms with Gasteiger partial charge in [-0.05, 0) is 79.0 Å². The van der Waals surface area contributed by atoms with Crippen LogP contribution in [-0.4, -0.2) is 55.0 Å². The summed E-state index contributed by atoms with van der Waals surface area (Å²) < 4.78 is 6.63. The topological polar surface area (TPSA) is 150 Å². The maximum Gasteiger partial charge on any atom is 0.339 e. The Balaban J connectivity index is 1.14. The fourth-order valence-corrected chi connectivity index (χ4v) is 10.5. The van der Waals surface area contributed by atoms with Gasteiger partial charge in [-0.25, -0.2) is 4.79 Å². The fraction of sp³-hybridized carbons (Fsp3) is 0.429. The Morgan fingerprint density at radius 3 is 2.53 bits per heavy atom. The Morgan fingerprint density at radius 1 is 1.04 bits per heavy atom. The molecule has 8 rings (SSSR count). The van der Waals surface area contributed by atoms with E-state index in [4.69, 9.17) is 4.74 Å². The Labute approximate surface area is 264 Å². The molecule has 0 aromatic heterocycles. The number of hydrogen-bond acceptors (Lipinski definition) is 8. The van der Waals surface area contributed by atoms with E-state index in [1.165, 1.54) is 11.8 Å². The third kappa shape index (κ3) is 4.55.